The Morgan fingerprint density at radius 3 is 1.57 bits per heavy atom. The molecule has 1 amide bonds. The largest absolute Gasteiger partial charge is 0.376 e. The van der Waals surface area contributed by atoms with Crippen molar-refractivity contribution in [2.45, 2.75) is 0 Å². The van der Waals surface area contributed by atoms with Crippen LogP contribution in [-0.2, 0) is 4.79 Å². The Labute approximate surface area is 219 Å². The highest BCUT2D eigenvalue weighted by molar-refractivity contribution is 9.10. The molecular formula is C28H20Br2N2O3. The lowest BCUT2D eigenvalue weighted by atomic mass is 10.0. The molecular weight excluding hydrogens is 572 g/mol. The Bertz CT molecular complexity index is 1390. The van der Waals surface area contributed by atoms with Crippen LogP contribution in [0.1, 0.15) is 31.8 Å². The van der Waals surface area contributed by atoms with Gasteiger partial charge in [0.05, 0.1) is 12.2 Å². The second-order valence-electron chi connectivity index (χ2n) is 7.67. The zero-order valence-corrected chi connectivity index (χ0v) is 21.6. The number of nitrogens with one attached hydrogen (secondary N) is 2. The van der Waals surface area contributed by atoms with Crippen LogP contribution in [0.3, 0.4) is 0 Å². The van der Waals surface area contributed by atoms with Crippen molar-refractivity contribution in [2.75, 3.05) is 17.2 Å². The predicted octanol–water partition coefficient (Wildman–Crippen LogP) is 6.72. The molecule has 4 aromatic rings. The van der Waals surface area contributed by atoms with E-state index >= 15 is 0 Å². The third-order valence-electron chi connectivity index (χ3n) is 5.24. The Morgan fingerprint density at radius 1 is 0.600 bits per heavy atom. The SMILES string of the molecule is O=C(CNc1ccc(Br)cc1C(=O)c1ccccc1)Nc1ccc(Br)cc1C(=O)c1ccccc1. The first-order chi connectivity index (χ1) is 16.9. The summed E-state index contributed by atoms with van der Waals surface area (Å²) in [6, 6.07) is 28.2. The van der Waals surface area contributed by atoms with Crippen LogP contribution in [0.15, 0.2) is 106 Å². The van der Waals surface area contributed by atoms with Crippen molar-refractivity contribution in [1.29, 1.82) is 0 Å². The molecule has 0 spiro atoms. The minimum Gasteiger partial charge on any atom is -0.376 e. The molecule has 4 rings (SSSR count). The van der Waals surface area contributed by atoms with Gasteiger partial charge in [0.25, 0.3) is 0 Å². The fourth-order valence-electron chi connectivity index (χ4n) is 3.53. The van der Waals surface area contributed by atoms with Crippen molar-refractivity contribution in [3.05, 3.63) is 128 Å². The van der Waals surface area contributed by atoms with Gasteiger partial charge in [-0.05, 0) is 36.4 Å². The van der Waals surface area contributed by atoms with Crippen molar-refractivity contribution in [2.24, 2.45) is 0 Å². The number of hydrogen-bond donors (Lipinski definition) is 2. The fraction of sp³-hybridized carbons (Fsp3) is 0.0357. The average molecular weight is 592 g/mol. The minimum absolute atomic E-state index is 0.0915. The Balaban J connectivity index is 1.51. The zero-order chi connectivity index (χ0) is 24.8. The van der Waals surface area contributed by atoms with Gasteiger partial charge in [-0.1, -0.05) is 92.5 Å². The lowest BCUT2D eigenvalue weighted by Gasteiger charge is -2.14. The van der Waals surface area contributed by atoms with Gasteiger partial charge in [0, 0.05) is 36.9 Å². The van der Waals surface area contributed by atoms with Gasteiger partial charge in [-0.15, -0.1) is 0 Å². The number of carbonyl (C=O) groups excluding carboxylic acids is 3. The van der Waals surface area contributed by atoms with Crippen LogP contribution in [0.5, 0.6) is 0 Å². The number of ketones is 2. The highest BCUT2D eigenvalue weighted by atomic mass is 79.9. The van der Waals surface area contributed by atoms with E-state index in [0.29, 0.717) is 33.6 Å². The third-order valence-corrected chi connectivity index (χ3v) is 6.22. The normalized spacial score (nSPS) is 10.5. The molecule has 174 valence electrons. The van der Waals surface area contributed by atoms with Crippen LogP contribution in [0.4, 0.5) is 11.4 Å². The van der Waals surface area contributed by atoms with Gasteiger partial charge in [0.15, 0.2) is 11.6 Å². The highest BCUT2D eigenvalue weighted by Crippen LogP contribution is 2.26. The van der Waals surface area contributed by atoms with E-state index in [4.69, 9.17) is 0 Å². The maximum Gasteiger partial charge on any atom is 0.243 e. The Hall–Kier alpha value is -3.55. The summed E-state index contributed by atoms with van der Waals surface area (Å²) in [6.07, 6.45) is 0. The van der Waals surface area contributed by atoms with Crippen LogP contribution >= 0.6 is 31.9 Å². The summed E-state index contributed by atoms with van der Waals surface area (Å²) in [6.45, 7) is -0.0915. The number of carbonyl (C=O) groups is 3. The van der Waals surface area contributed by atoms with Crippen molar-refractivity contribution in [3.63, 3.8) is 0 Å². The van der Waals surface area contributed by atoms with E-state index in [1.165, 1.54) is 0 Å². The Morgan fingerprint density at radius 2 is 1.06 bits per heavy atom. The van der Waals surface area contributed by atoms with Gasteiger partial charge in [-0.25, -0.2) is 0 Å². The van der Waals surface area contributed by atoms with Crippen LogP contribution in [0, 0.1) is 0 Å². The number of benzene rings is 4. The molecule has 35 heavy (non-hydrogen) atoms. The van der Waals surface area contributed by atoms with Crippen LogP contribution in [0.25, 0.3) is 0 Å². The lowest BCUT2D eigenvalue weighted by molar-refractivity contribution is -0.114. The number of amides is 1. The number of hydrogen-bond acceptors (Lipinski definition) is 4. The minimum atomic E-state index is -0.351. The molecule has 5 nitrogen and oxygen atoms in total. The van der Waals surface area contributed by atoms with Crippen LogP contribution < -0.4 is 10.6 Å². The summed E-state index contributed by atoms with van der Waals surface area (Å²) in [5.41, 5.74) is 2.85. The second-order valence-corrected chi connectivity index (χ2v) is 9.50. The van der Waals surface area contributed by atoms with Crippen molar-refractivity contribution >= 4 is 60.7 Å². The number of rotatable bonds is 8. The van der Waals surface area contributed by atoms with E-state index in [-0.39, 0.29) is 24.0 Å². The summed E-state index contributed by atoms with van der Waals surface area (Å²) < 4.78 is 1.48. The molecule has 2 N–H and O–H groups in total. The number of halogens is 2. The molecule has 0 saturated carbocycles. The molecule has 0 aromatic heterocycles. The summed E-state index contributed by atoms with van der Waals surface area (Å²) in [4.78, 5) is 38.9. The summed E-state index contributed by atoms with van der Waals surface area (Å²) in [5, 5.41) is 5.87. The molecule has 0 fully saturated rings. The first-order valence-electron chi connectivity index (χ1n) is 10.7. The van der Waals surface area contributed by atoms with E-state index < -0.39 is 0 Å². The van der Waals surface area contributed by atoms with E-state index in [1.807, 2.05) is 12.1 Å². The molecule has 0 aliphatic carbocycles. The van der Waals surface area contributed by atoms with Crippen molar-refractivity contribution in [1.82, 2.24) is 0 Å². The third kappa shape index (κ3) is 6.12. The molecule has 0 aliphatic heterocycles. The van der Waals surface area contributed by atoms with Gasteiger partial charge >= 0.3 is 0 Å². The van der Waals surface area contributed by atoms with Gasteiger partial charge < -0.3 is 10.6 Å². The predicted molar refractivity (Wildman–Crippen MR) is 145 cm³/mol. The maximum absolute atomic E-state index is 13.0. The van der Waals surface area contributed by atoms with Crippen molar-refractivity contribution < 1.29 is 14.4 Å². The summed E-state index contributed by atoms with van der Waals surface area (Å²) in [7, 11) is 0. The molecule has 4 aromatic carbocycles. The molecule has 0 radical (unpaired) electrons. The average Bonchev–Trinajstić information content (AvgIpc) is 2.89. The molecule has 0 aliphatic rings. The van der Waals surface area contributed by atoms with Gasteiger partial charge in [-0.3, -0.25) is 14.4 Å². The molecule has 0 unspecified atom stereocenters. The van der Waals surface area contributed by atoms with E-state index in [9.17, 15) is 14.4 Å². The smallest absolute Gasteiger partial charge is 0.243 e. The van der Waals surface area contributed by atoms with E-state index in [0.717, 1.165) is 8.95 Å². The molecule has 0 heterocycles. The molecule has 0 bridgehead atoms. The van der Waals surface area contributed by atoms with Gasteiger partial charge in [0.2, 0.25) is 5.91 Å². The quantitative estimate of drug-likeness (QED) is 0.223. The summed E-state index contributed by atoms with van der Waals surface area (Å²) >= 11 is 6.81. The van der Waals surface area contributed by atoms with Crippen LogP contribution in [-0.4, -0.2) is 24.0 Å². The fourth-order valence-corrected chi connectivity index (χ4v) is 4.25. The molecule has 0 atom stereocenters. The first kappa shape index (κ1) is 24.6. The van der Waals surface area contributed by atoms with E-state index in [1.54, 1.807) is 84.9 Å². The van der Waals surface area contributed by atoms with Gasteiger partial charge in [-0.2, -0.15) is 0 Å². The summed E-state index contributed by atoms with van der Waals surface area (Å²) in [5.74, 6) is -0.701. The highest BCUT2D eigenvalue weighted by Gasteiger charge is 2.18. The second kappa shape index (κ2) is 11.3. The monoisotopic (exact) mass is 590 g/mol. The van der Waals surface area contributed by atoms with E-state index in [2.05, 4.69) is 42.5 Å². The Kier molecular flexibility index (Phi) is 7.90. The zero-order valence-electron chi connectivity index (χ0n) is 18.4. The van der Waals surface area contributed by atoms with Crippen LogP contribution in [0.2, 0.25) is 0 Å². The standard InChI is InChI=1S/C28H20Br2N2O3/c29-20-11-13-24(22(15-20)27(34)18-7-3-1-4-8-18)31-17-26(33)32-25-14-12-21(30)16-23(25)28(35)19-9-5-2-6-10-19/h1-16,31H,17H2,(H,32,33). The van der Waals surface area contributed by atoms with Gasteiger partial charge in [0.1, 0.15) is 0 Å². The first-order valence-corrected chi connectivity index (χ1v) is 12.3. The topological polar surface area (TPSA) is 75.3 Å². The van der Waals surface area contributed by atoms with Crippen molar-refractivity contribution in [3.8, 4) is 0 Å². The molecule has 0 saturated heterocycles. The number of anilines is 2. The molecule has 7 heteroatoms. The lowest BCUT2D eigenvalue weighted by Crippen LogP contribution is -2.24. The maximum atomic E-state index is 13.0.